The van der Waals surface area contributed by atoms with E-state index in [0.717, 1.165) is 0 Å². The maximum absolute atomic E-state index is 11.0. The topological polar surface area (TPSA) is 323 Å². The third-order valence-corrected chi connectivity index (χ3v) is 6.37. The fourth-order valence-electron chi connectivity index (χ4n) is 3.79. The summed E-state index contributed by atoms with van der Waals surface area (Å²) in [7, 11) is -5.09. The first kappa shape index (κ1) is 33.5. The second-order valence-electron chi connectivity index (χ2n) is 8.63. The molecule has 0 aromatic rings. The summed E-state index contributed by atoms with van der Waals surface area (Å²) in [5.41, 5.74) is 0. The van der Waals surface area contributed by atoms with Crippen LogP contribution in [0.3, 0.4) is 0 Å². The number of aliphatic hydroxyl groups excluding tert-OH is 11. The number of aliphatic hydroxyl groups is 11. The zero-order valence-electron chi connectivity index (χ0n) is 19.5. The monoisotopic (exact) mass is 586 g/mol. The van der Waals surface area contributed by atoms with Gasteiger partial charge in [0.15, 0.2) is 12.6 Å². The Hall–Kier alpha value is -0.730. The maximum Gasteiger partial charge on any atom is 0.397 e. The molecule has 1 unspecified atom stereocenters. The van der Waals surface area contributed by atoms with Crippen LogP contribution in [-0.2, 0) is 33.5 Å². The molecule has 2 aliphatic rings. The van der Waals surface area contributed by atoms with Gasteiger partial charge in [0.25, 0.3) is 0 Å². The Kier molecular flexibility index (Phi) is 12.6. The van der Waals surface area contributed by atoms with Gasteiger partial charge in [-0.1, -0.05) is 0 Å². The van der Waals surface area contributed by atoms with E-state index in [1.165, 1.54) is 0 Å². The van der Waals surface area contributed by atoms with Gasteiger partial charge in [-0.25, -0.2) is 4.18 Å². The molecule has 0 aromatic carbocycles. The summed E-state index contributed by atoms with van der Waals surface area (Å²) in [6.07, 6.45) is -27.1. The molecule has 226 valence electrons. The summed E-state index contributed by atoms with van der Waals surface area (Å²) in [6.45, 7) is -4.08. The molecule has 20 heteroatoms. The van der Waals surface area contributed by atoms with Crippen molar-refractivity contribution in [1.82, 2.24) is 0 Å². The minimum absolute atomic E-state index is 0.855. The lowest BCUT2D eigenvalue weighted by Gasteiger charge is -2.47. The van der Waals surface area contributed by atoms with Crippen LogP contribution in [0.15, 0.2) is 0 Å². The van der Waals surface area contributed by atoms with E-state index in [4.69, 9.17) is 28.6 Å². The minimum atomic E-state index is -5.09. The predicted molar refractivity (Wildman–Crippen MR) is 114 cm³/mol. The molecule has 2 fully saturated rings. The van der Waals surface area contributed by atoms with Crippen LogP contribution in [0.25, 0.3) is 0 Å². The molecule has 0 spiro atoms. The number of ether oxygens (including phenoxy) is 4. The molecule has 14 atom stereocenters. The number of rotatable bonds is 13. The van der Waals surface area contributed by atoms with Crippen molar-refractivity contribution in [2.45, 2.75) is 85.8 Å². The molecule has 0 aliphatic carbocycles. The molecule has 0 radical (unpaired) electrons. The van der Waals surface area contributed by atoms with E-state index in [9.17, 15) is 59.5 Å². The average molecular weight is 587 g/mol. The zero-order chi connectivity index (χ0) is 28.9. The third-order valence-electron chi connectivity index (χ3n) is 5.94. The number of hydrogen-bond donors (Lipinski definition) is 12. The van der Waals surface area contributed by atoms with Crippen LogP contribution in [0.5, 0.6) is 0 Å². The predicted octanol–water partition coefficient (Wildman–Crippen LogP) is -8.11. The van der Waals surface area contributed by atoms with Gasteiger partial charge in [0.1, 0.15) is 73.2 Å². The van der Waals surface area contributed by atoms with Crippen LogP contribution in [0.2, 0.25) is 0 Å². The normalized spacial score (nSPS) is 39.9. The fourth-order valence-corrected chi connectivity index (χ4v) is 4.09. The van der Waals surface area contributed by atoms with E-state index in [-0.39, 0.29) is 0 Å². The van der Waals surface area contributed by atoms with Crippen LogP contribution < -0.4 is 0 Å². The molecule has 2 saturated heterocycles. The first-order valence-corrected chi connectivity index (χ1v) is 12.5. The Labute approximate surface area is 215 Å². The van der Waals surface area contributed by atoms with Crippen LogP contribution in [0.4, 0.5) is 0 Å². The molecule has 2 heterocycles. The average Bonchev–Trinajstić information content (AvgIpc) is 2.87. The molecular weight excluding hydrogens is 552 g/mol. The molecule has 12 N–H and O–H groups in total. The number of hydrogen-bond acceptors (Lipinski definition) is 18. The van der Waals surface area contributed by atoms with Gasteiger partial charge >= 0.3 is 10.4 Å². The van der Waals surface area contributed by atoms with Gasteiger partial charge in [-0.05, 0) is 0 Å². The van der Waals surface area contributed by atoms with Gasteiger partial charge in [0.05, 0.1) is 26.4 Å². The van der Waals surface area contributed by atoms with Gasteiger partial charge in [-0.2, -0.15) is 8.42 Å². The largest absolute Gasteiger partial charge is 0.397 e. The van der Waals surface area contributed by atoms with Crippen LogP contribution in [-0.4, -0.2) is 181 Å². The molecule has 0 saturated carbocycles. The van der Waals surface area contributed by atoms with E-state index in [2.05, 4.69) is 4.18 Å². The van der Waals surface area contributed by atoms with Gasteiger partial charge in [0, 0.05) is 0 Å². The standard InChI is InChI=1S/C18H34O19S/c19-1-5(22)9(24)15(6(23)2-20)36-18-14(29)16(11(26)8(35-18)4-33-38(30,31)32)37-17-13(28)12(27)10(25)7(3-21)34-17/h5-29H,1-4H2,(H,30,31,32)/t5-,6+,7+,8+,9+,10-,11-,12-,13+,14+,15+,16-,17?,18-/m0/s1. The summed E-state index contributed by atoms with van der Waals surface area (Å²) in [5, 5.41) is 109. The van der Waals surface area contributed by atoms with Gasteiger partial charge in [0.2, 0.25) is 0 Å². The molecular formula is C18H34O19S. The van der Waals surface area contributed by atoms with Crippen molar-refractivity contribution in [3.05, 3.63) is 0 Å². The molecule has 2 rings (SSSR count). The SMILES string of the molecule is O=S(=O)(O)OC[C@H]1O[C@@H](O[C@@H]([C@H](O)[C@@H](O)CO)[C@H](O)CO)[C@H](O)[C@@H](OC2O[C@H](CO)[C@H](O)[C@H](O)[C@H]2O)[C@H]1O. The van der Waals surface area contributed by atoms with E-state index in [1.807, 2.05) is 0 Å². The third kappa shape index (κ3) is 8.15. The van der Waals surface area contributed by atoms with Crippen molar-refractivity contribution < 1.29 is 92.3 Å². The lowest BCUT2D eigenvalue weighted by atomic mass is 9.96. The Morgan fingerprint density at radius 1 is 0.737 bits per heavy atom. The summed E-state index contributed by atoms with van der Waals surface area (Å²) in [4.78, 5) is 0. The Morgan fingerprint density at radius 3 is 1.84 bits per heavy atom. The zero-order valence-corrected chi connectivity index (χ0v) is 20.4. The van der Waals surface area contributed by atoms with Crippen molar-refractivity contribution in [3.63, 3.8) is 0 Å². The van der Waals surface area contributed by atoms with Gasteiger partial charge in [-0.3, -0.25) is 4.55 Å². The van der Waals surface area contributed by atoms with Gasteiger partial charge < -0.3 is 75.1 Å². The maximum atomic E-state index is 11.0. The van der Waals surface area contributed by atoms with E-state index in [1.54, 1.807) is 0 Å². The second-order valence-corrected chi connectivity index (χ2v) is 9.72. The highest BCUT2D eigenvalue weighted by molar-refractivity contribution is 7.80. The Balaban J connectivity index is 2.35. The fraction of sp³-hybridized carbons (Fsp3) is 1.00. The molecule has 38 heavy (non-hydrogen) atoms. The molecule has 19 nitrogen and oxygen atoms in total. The summed E-state index contributed by atoms with van der Waals surface area (Å²) < 4.78 is 56.1. The first-order valence-electron chi connectivity index (χ1n) is 11.2. The summed E-state index contributed by atoms with van der Waals surface area (Å²) >= 11 is 0. The van der Waals surface area contributed by atoms with Crippen LogP contribution in [0.1, 0.15) is 0 Å². The van der Waals surface area contributed by atoms with E-state index >= 15 is 0 Å². The lowest BCUT2D eigenvalue weighted by molar-refractivity contribution is -0.368. The highest BCUT2D eigenvalue weighted by Gasteiger charge is 2.52. The molecule has 0 amide bonds. The van der Waals surface area contributed by atoms with Gasteiger partial charge in [-0.15, -0.1) is 0 Å². The molecule has 0 aromatic heterocycles. The highest BCUT2D eigenvalue weighted by Crippen LogP contribution is 2.31. The quantitative estimate of drug-likeness (QED) is 0.0891. The highest BCUT2D eigenvalue weighted by atomic mass is 32.3. The summed E-state index contributed by atoms with van der Waals surface area (Å²) in [5.74, 6) is 0. The Bertz CT molecular complexity index is 814. The first-order chi connectivity index (χ1) is 17.7. The molecule has 2 aliphatic heterocycles. The molecule has 0 bridgehead atoms. The second kappa shape index (κ2) is 14.2. The van der Waals surface area contributed by atoms with Crippen LogP contribution >= 0.6 is 0 Å². The lowest BCUT2D eigenvalue weighted by Crippen LogP contribution is -2.65. The van der Waals surface area contributed by atoms with Crippen molar-refractivity contribution in [2.75, 3.05) is 26.4 Å². The van der Waals surface area contributed by atoms with E-state index < -0.39 is 123 Å². The van der Waals surface area contributed by atoms with Crippen LogP contribution in [0, 0.1) is 0 Å². The summed E-state index contributed by atoms with van der Waals surface area (Å²) in [6, 6.07) is 0. The smallest absolute Gasteiger partial charge is 0.394 e. The van der Waals surface area contributed by atoms with Crippen molar-refractivity contribution >= 4 is 10.4 Å². The van der Waals surface area contributed by atoms with Crippen molar-refractivity contribution in [3.8, 4) is 0 Å². The van der Waals surface area contributed by atoms with E-state index in [0.29, 0.717) is 0 Å². The Morgan fingerprint density at radius 2 is 1.32 bits per heavy atom. The van der Waals surface area contributed by atoms with Crippen molar-refractivity contribution in [1.29, 1.82) is 0 Å². The van der Waals surface area contributed by atoms with Crippen molar-refractivity contribution in [2.24, 2.45) is 0 Å². The minimum Gasteiger partial charge on any atom is -0.394 e.